The third-order valence-corrected chi connectivity index (χ3v) is 4.43. The van der Waals surface area contributed by atoms with Gasteiger partial charge in [-0.15, -0.1) is 34.2 Å². The van der Waals surface area contributed by atoms with Gasteiger partial charge >= 0.3 is 0 Å². The van der Waals surface area contributed by atoms with Gasteiger partial charge in [0.05, 0.1) is 24.5 Å². The van der Waals surface area contributed by atoms with Crippen molar-refractivity contribution in [2.24, 2.45) is 4.99 Å². The van der Waals surface area contributed by atoms with Crippen molar-refractivity contribution in [2.45, 2.75) is 47.3 Å². The van der Waals surface area contributed by atoms with Gasteiger partial charge in [0.1, 0.15) is 6.33 Å². The summed E-state index contributed by atoms with van der Waals surface area (Å²) in [6.07, 6.45) is 1.74. The Kier molecular flexibility index (Phi) is 8.62. The molecule has 0 fully saturated rings. The van der Waals surface area contributed by atoms with E-state index in [1.54, 1.807) is 6.33 Å². The summed E-state index contributed by atoms with van der Waals surface area (Å²) in [4.78, 5) is 4.76. The molecule has 0 spiro atoms. The van der Waals surface area contributed by atoms with Crippen LogP contribution in [-0.2, 0) is 19.6 Å². The molecule has 0 aliphatic carbocycles. The second kappa shape index (κ2) is 10.9. The average Bonchev–Trinajstić information content (AvgIpc) is 3.29. The van der Waals surface area contributed by atoms with Gasteiger partial charge < -0.3 is 15.2 Å². The summed E-state index contributed by atoms with van der Waals surface area (Å²) < 4.78 is 3.99. The Morgan fingerprint density at radius 2 is 1.93 bits per heavy atom. The molecule has 0 saturated carbocycles. The number of hydrogen-bond donors (Lipinski definition) is 2. The summed E-state index contributed by atoms with van der Waals surface area (Å²) in [5.74, 6) is 1.63. The normalized spacial score (nSPS) is 11.2. The minimum atomic E-state index is 0. The molecule has 0 radical (unpaired) electrons. The van der Waals surface area contributed by atoms with Crippen LogP contribution >= 0.6 is 24.0 Å². The van der Waals surface area contributed by atoms with Gasteiger partial charge in [0.2, 0.25) is 0 Å². The monoisotopic (exact) mass is 508 g/mol. The molecule has 3 rings (SSSR count). The van der Waals surface area contributed by atoms with Crippen molar-refractivity contribution in [1.29, 1.82) is 0 Å². The molecule has 0 saturated heterocycles. The standard InChI is InChI=1S/C20H28N8.HI/c1-5-21-20(23-13-19-25-24-14-27(19)6-2)22-12-17-9-7-8-10-18(17)28-16(4)11-15(3)26-28;/h7-11,14H,5-6,12-13H2,1-4H3,(H2,21,22,23);1H. The van der Waals surface area contributed by atoms with Crippen LogP contribution in [0.15, 0.2) is 41.7 Å². The highest BCUT2D eigenvalue weighted by molar-refractivity contribution is 14.0. The maximum atomic E-state index is 4.76. The van der Waals surface area contributed by atoms with Crippen molar-refractivity contribution in [3.8, 4) is 5.69 Å². The van der Waals surface area contributed by atoms with E-state index in [1.165, 1.54) is 0 Å². The average molecular weight is 508 g/mol. The third kappa shape index (κ3) is 5.78. The van der Waals surface area contributed by atoms with Gasteiger partial charge in [0, 0.05) is 18.8 Å². The molecular weight excluding hydrogens is 479 g/mol. The summed E-state index contributed by atoms with van der Waals surface area (Å²) in [6, 6.07) is 10.3. The van der Waals surface area contributed by atoms with Gasteiger partial charge in [-0.1, -0.05) is 18.2 Å². The molecule has 9 heteroatoms. The van der Waals surface area contributed by atoms with Crippen molar-refractivity contribution in [1.82, 2.24) is 35.2 Å². The molecule has 2 heterocycles. The molecule has 3 aromatic rings. The van der Waals surface area contributed by atoms with Crippen LogP contribution in [0, 0.1) is 13.8 Å². The number of nitrogens with zero attached hydrogens (tertiary/aromatic N) is 6. The van der Waals surface area contributed by atoms with Crippen LogP contribution in [0.1, 0.15) is 36.6 Å². The SMILES string of the molecule is CCNC(=NCc1ccccc1-n1nc(C)cc1C)NCc1nncn1CC.I. The van der Waals surface area contributed by atoms with E-state index >= 15 is 0 Å². The summed E-state index contributed by atoms with van der Waals surface area (Å²) in [6.45, 7) is 10.9. The van der Waals surface area contributed by atoms with Crippen LogP contribution in [0.5, 0.6) is 0 Å². The van der Waals surface area contributed by atoms with Crippen LogP contribution in [0.2, 0.25) is 0 Å². The number of aryl methyl sites for hydroxylation is 3. The van der Waals surface area contributed by atoms with Crippen LogP contribution in [-0.4, -0.2) is 37.0 Å². The number of aliphatic imine (C=N–C) groups is 1. The number of rotatable bonds is 7. The molecule has 0 bridgehead atoms. The molecule has 29 heavy (non-hydrogen) atoms. The van der Waals surface area contributed by atoms with Gasteiger partial charge in [-0.05, 0) is 45.4 Å². The highest BCUT2D eigenvalue weighted by Gasteiger charge is 2.09. The summed E-state index contributed by atoms with van der Waals surface area (Å²) in [5, 5.41) is 19.4. The van der Waals surface area contributed by atoms with Gasteiger partial charge in [-0.25, -0.2) is 9.67 Å². The second-order valence-corrected chi connectivity index (χ2v) is 6.55. The van der Waals surface area contributed by atoms with E-state index in [-0.39, 0.29) is 24.0 Å². The van der Waals surface area contributed by atoms with Crippen LogP contribution in [0.4, 0.5) is 0 Å². The molecule has 0 aliphatic heterocycles. The van der Waals surface area contributed by atoms with Crippen molar-refractivity contribution < 1.29 is 0 Å². The third-order valence-electron chi connectivity index (χ3n) is 4.43. The first-order chi connectivity index (χ1) is 13.6. The Bertz CT molecular complexity index is 944. The fourth-order valence-corrected chi connectivity index (χ4v) is 3.07. The van der Waals surface area contributed by atoms with Crippen LogP contribution < -0.4 is 10.6 Å². The van der Waals surface area contributed by atoms with E-state index in [0.717, 1.165) is 47.5 Å². The lowest BCUT2D eigenvalue weighted by Crippen LogP contribution is -2.37. The van der Waals surface area contributed by atoms with Crippen molar-refractivity contribution >= 4 is 29.9 Å². The molecule has 8 nitrogen and oxygen atoms in total. The van der Waals surface area contributed by atoms with E-state index in [2.05, 4.69) is 64.9 Å². The molecule has 156 valence electrons. The minimum absolute atomic E-state index is 0. The Morgan fingerprint density at radius 1 is 1.14 bits per heavy atom. The summed E-state index contributed by atoms with van der Waals surface area (Å²) in [5.41, 5.74) is 4.28. The molecular formula is C20H29IN8. The number of hydrogen-bond acceptors (Lipinski definition) is 4. The fourth-order valence-electron chi connectivity index (χ4n) is 3.07. The quantitative estimate of drug-likeness (QED) is 0.291. The topological polar surface area (TPSA) is 84.9 Å². The van der Waals surface area contributed by atoms with E-state index in [4.69, 9.17) is 4.99 Å². The molecule has 0 amide bonds. The number of guanidine groups is 1. The Labute approximate surface area is 188 Å². The molecule has 0 aliphatic rings. The van der Waals surface area contributed by atoms with Crippen molar-refractivity contribution in [3.05, 3.63) is 59.4 Å². The highest BCUT2D eigenvalue weighted by Crippen LogP contribution is 2.17. The van der Waals surface area contributed by atoms with E-state index < -0.39 is 0 Å². The van der Waals surface area contributed by atoms with Gasteiger partial charge in [0.25, 0.3) is 0 Å². The molecule has 2 aromatic heterocycles. The number of para-hydroxylation sites is 1. The first-order valence-electron chi connectivity index (χ1n) is 9.62. The van der Waals surface area contributed by atoms with Gasteiger partial charge in [0.15, 0.2) is 11.8 Å². The number of benzene rings is 1. The predicted octanol–water partition coefficient (Wildman–Crippen LogP) is 2.97. The Hall–Kier alpha value is -2.43. The number of halogens is 1. The molecule has 0 atom stereocenters. The summed E-state index contributed by atoms with van der Waals surface area (Å²) >= 11 is 0. The van der Waals surface area contributed by atoms with E-state index in [9.17, 15) is 0 Å². The van der Waals surface area contributed by atoms with Crippen LogP contribution in [0.3, 0.4) is 0 Å². The largest absolute Gasteiger partial charge is 0.357 e. The first kappa shape index (κ1) is 22.9. The number of aromatic nitrogens is 5. The maximum absolute atomic E-state index is 4.76. The Morgan fingerprint density at radius 3 is 2.62 bits per heavy atom. The zero-order valence-corrected chi connectivity index (χ0v) is 19.7. The lowest BCUT2D eigenvalue weighted by molar-refractivity contribution is 0.670. The number of nitrogens with one attached hydrogen (secondary N) is 2. The molecule has 0 unspecified atom stereocenters. The lowest BCUT2D eigenvalue weighted by Gasteiger charge is -2.13. The Balaban J connectivity index is 0.00000300. The zero-order chi connectivity index (χ0) is 19.9. The van der Waals surface area contributed by atoms with E-state index in [1.807, 2.05) is 28.3 Å². The predicted molar refractivity (Wildman–Crippen MR) is 126 cm³/mol. The van der Waals surface area contributed by atoms with Crippen molar-refractivity contribution in [2.75, 3.05) is 6.54 Å². The minimum Gasteiger partial charge on any atom is -0.357 e. The lowest BCUT2D eigenvalue weighted by atomic mass is 10.2. The van der Waals surface area contributed by atoms with E-state index in [0.29, 0.717) is 13.1 Å². The smallest absolute Gasteiger partial charge is 0.191 e. The fraction of sp³-hybridized carbons (Fsp3) is 0.400. The molecule has 1 aromatic carbocycles. The van der Waals surface area contributed by atoms with Crippen LogP contribution in [0.25, 0.3) is 5.69 Å². The highest BCUT2D eigenvalue weighted by atomic mass is 127. The molecule has 2 N–H and O–H groups in total. The first-order valence-corrected chi connectivity index (χ1v) is 9.62. The zero-order valence-electron chi connectivity index (χ0n) is 17.4. The second-order valence-electron chi connectivity index (χ2n) is 6.55. The maximum Gasteiger partial charge on any atom is 0.191 e. The summed E-state index contributed by atoms with van der Waals surface area (Å²) in [7, 11) is 0. The van der Waals surface area contributed by atoms with Gasteiger partial charge in [-0.3, -0.25) is 0 Å². The van der Waals surface area contributed by atoms with Gasteiger partial charge in [-0.2, -0.15) is 5.10 Å². The van der Waals surface area contributed by atoms with Crippen molar-refractivity contribution in [3.63, 3.8) is 0 Å².